The van der Waals surface area contributed by atoms with E-state index < -0.39 is 0 Å². The second-order valence-electron chi connectivity index (χ2n) is 5.70. The molecule has 1 aromatic heterocycles. The predicted molar refractivity (Wildman–Crippen MR) is 83.5 cm³/mol. The summed E-state index contributed by atoms with van der Waals surface area (Å²) in [6.45, 7) is 3.80. The number of rotatable bonds is 4. The molecule has 0 aliphatic carbocycles. The quantitative estimate of drug-likeness (QED) is 0.901. The van der Waals surface area contributed by atoms with Gasteiger partial charge in [-0.05, 0) is 50.9 Å². The highest BCUT2D eigenvalue weighted by molar-refractivity contribution is 9.10. The highest BCUT2D eigenvalue weighted by Gasteiger charge is 2.26. The monoisotopic (exact) mass is 337 g/mol. The molecule has 0 saturated carbocycles. The Labute approximate surface area is 127 Å². The minimum Gasteiger partial charge on any atom is -0.393 e. The van der Waals surface area contributed by atoms with Gasteiger partial charge >= 0.3 is 0 Å². The summed E-state index contributed by atoms with van der Waals surface area (Å²) in [5.41, 5.74) is 2.08. The van der Waals surface area contributed by atoms with Crippen LogP contribution in [0.15, 0.2) is 22.7 Å². The summed E-state index contributed by atoms with van der Waals surface area (Å²) in [6.07, 6.45) is 3.01. The second-order valence-corrected chi connectivity index (χ2v) is 6.61. The first kappa shape index (κ1) is 14.0. The molecule has 0 unspecified atom stereocenters. The summed E-state index contributed by atoms with van der Waals surface area (Å²) in [5, 5.41) is 9.59. The third kappa shape index (κ3) is 3.05. The Bertz CT molecular complexity index is 596. The van der Waals surface area contributed by atoms with Gasteiger partial charge in [-0.25, -0.2) is 4.98 Å². The van der Waals surface area contributed by atoms with E-state index in [1.807, 2.05) is 19.1 Å². The zero-order chi connectivity index (χ0) is 14.1. The minimum atomic E-state index is -0.229. The van der Waals surface area contributed by atoms with Crippen molar-refractivity contribution in [2.75, 3.05) is 6.54 Å². The van der Waals surface area contributed by atoms with Gasteiger partial charge < -0.3 is 10.1 Å². The highest BCUT2D eigenvalue weighted by atomic mass is 79.9. The number of aliphatic hydroxyl groups excluding tert-OH is 1. The number of halogens is 1. The predicted octanol–water partition coefficient (Wildman–Crippen LogP) is 3.06. The topological polar surface area (TPSA) is 52.1 Å². The number of aromatic nitrogens is 2. The largest absolute Gasteiger partial charge is 0.393 e. The number of hydrogen-bond donors (Lipinski definition) is 2. The van der Waals surface area contributed by atoms with Crippen LogP contribution in [-0.2, 0) is 6.54 Å². The lowest BCUT2D eigenvalue weighted by Gasteiger charge is -2.24. The molecule has 20 heavy (non-hydrogen) atoms. The number of aliphatic hydroxyl groups is 1. The molecule has 0 radical (unpaired) electrons. The number of nitrogens with zero attached hydrogens (tertiary/aromatic N) is 2. The third-order valence-electron chi connectivity index (χ3n) is 3.96. The normalized spacial score (nSPS) is 21.6. The van der Waals surface area contributed by atoms with E-state index in [4.69, 9.17) is 0 Å². The van der Waals surface area contributed by atoms with Crippen LogP contribution in [0.5, 0.6) is 0 Å². The number of aromatic amines is 1. The van der Waals surface area contributed by atoms with Gasteiger partial charge in [0.05, 0.1) is 23.7 Å². The van der Waals surface area contributed by atoms with Crippen molar-refractivity contribution in [3.63, 3.8) is 0 Å². The number of likely N-dealkylation sites (tertiary alicyclic amines) is 1. The van der Waals surface area contributed by atoms with E-state index in [1.165, 1.54) is 12.8 Å². The fraction of sp³-hybridized carbons (Fsp3) is 0.533. The van der Waals surface area contributed by atoms with Gasteiger partial charge in [-0.3, -0.25) is 4.90 Å². The van der Waals surface area contributed by atoms with Gasteiger partial charge in [-0.15, -0.1) is 0 Å². The molecule has 1 saturated heterocycles. The smallest absolute Gasteiger partial charge is 0.121 e. The van der Waals surface area contributed by atoms with E-state index in [0.717, 1.165) is 40.8 Å². The summed E-state index contributed by atoms with van der Waals surface area (Å²) in [4.78, 5) is 10.5. The molecule has 5 heteroatoms. The number of imidazole rings is 1. The van der Waals surface area contributed by atoms with Gasteiger partial charge in [0.2, 0.25) is 0 Å². The lowest BCUT2D eigenvalue weighted by molar-refractivity contribution is 0.129. The zero-order valence-electron chi connectivity index (χ0n) is 11.6. The summed E-state index contributed by atoms with van der Waals surface area (Å²) in [6, 6.07) is 6.58. The van der Waals surface area contributed by atoms with Crippen molar-refractivity contribution in [2.45, 2.75) is 44.9 Å². The standard InChI is InChI=1S/C15H20BrN3O/c1-10(20)7-12-3-2-6-19(12)9-15-17-13-5-4-11(16)8-14(13)18-15/h4-5,8,10,12,20H,2-3,6-7,9H2,1H3,(H,17,18)/t10-,12+/m1/s1. The molecule has 2 atom stereocenters. The minimum absolute atomic E-state index is 0.229. The number of H-pyrrole nitrogens is 1. The van der Waals surface area contributed by atoms with E-state index in [0.29, 0.717) is 6.04 Å². The molecule has 108 valence electrons. The molecular weight excluding hydrogens is 318 g/mol. The molecule has 1 aliphatic heterocycles. The Morgan fingerprint density at radius 3 is 3.20 bits per heavy atom. The third-order valence-corrected chi connectivity index (χ3v) is 4.45. The molecule has 2 N–H and O–H groups in total. The molecule has 2 aromatic rings. The van der Waals surface area contributed by atoms with Crippen molar-refractivity contribution >= 4 is 27.0 Å². The SMILES string of the molecule is C[C@@H](O)C[C@@H]1CCCN1Cc1nc2ccc(Br)cc2[nH]1. The molecule has 0 amide bonds. The van der Waals surface area contributed by atoms with E-state index >= 15 is 0 Å². The van der Waals surface area contributed by atoms with Crippen LogP contribution in [-0.4, -0.2) is 38.7 Å². The van der Waals surface area contributed by atoms with Crippen LogP contribution in [0, 0.1) is 0 Å². The maximum atomic E-state index is 9.59. The lowest BCUT2D eigenvalue weighted by Crippen LogP contribution is -2.31. The molecule has 0 spiro atoms. The van der Waals surface area contributed by atoms with Crippen LogP contribution in [0.1, 0.15) is 32.0 Å². The fourth-order valence-corrected chi connectivity index (χ4v) is 3.43. The molecule has 4 nitrogen and oxygen atoms in total. The van der Waals surface area contributed by atoms with Crippen molar-refractivity contribution in [3.05, 3.63) is 28.5 Å². The van der Waals surface area contributed by atoms with Crippen molar-refractivity contribution in [1.82, 2.24) is 14.9 Å². The lowest BCUT2D eigenvalue weighted by atomic mass is 10.1. The van der Waals surface area contributed by atoms with E-state index in [-0.39, 0.29) is 6.10 Å². The van der Waals surface area contributed by atoms with Crippen molar-refractivity contribution in [2.24, 2.45) is 0 Å². The Morgan fingerprint density at radius 1 is 1.55 bits per heavy atom. The van der Waals surface area contributed by atoms with E-state index in [9.17, 15) is 5.11 Å². The van der Waals surface area contributed by atoms with Crippen molar-refractivity contribution in [1.29, 1.82) is 0 Å². The first-order valence-electron chi connectivity index (χ1n) is 7.18. The van der Waals surface area contributed by atoms with Gasteiger partial charge in [0.1, 0.15) is 5.82 Å². The van der Waals surface area contributed by atoms with E-state index in [1.54, 1.807) is 0 Å². The average Bonchev–Trinajstić information content (AvgIpc) is 2.95. The summed E-state index contributed by atoms with van der Waals surface area (Å²) in [5.74, 6) is 1.01. The number of fused-ring (bicyclic) bond motifs is 1. The summed E-state index contributed by atoms with van der Waals surface area (Å²) < 4.78 is 1.06. The zero-order valence-corrected chi connectivity index (χ0v) is 13.2. The molecule has 2 heterocycles. The van der Waals surface area contributed by atoms with Crippen LogP contribution < -0.4 is 0 Å². The van der Waals surface area contributed by atoms with Gasteiger partial charge in [0, 0.05) is 10.5 Å². The number of hydrogen-bond acceptors (Lipinski definition) is 3. The first-order chi connectivity index (χ1) is 9.61. The molecule has 1 fully saturated rings. The maximum absolute atomic E-state index is 9.59. The Kier molecular flexibility index (Phi) is 4.10. The molecule has 3 rings (SSSR count). The number of nitrogens with one attached hydrogen (secondary N) is 1. The fourth-order valence-electron chi connectivity index (χ4n) is 3.07. The van der Waals surface area contributed by atoms with Gasteiger partial charge in [-0.2, -0.15) is 0 Å². The summed E-state index contributed by atoms with van der Waals surface area (Å²) >= 11 is 3.48. The molecular formula is C15H20BrN3O. The Balaban J connectivity index is 1.75. The highest BCUT2D eigenvalue weighted by Crippen LogP contribution is 2.24. The molecule has 1 aliphatic rings. The second kappa shape index (κ2) is 5.84. The van der Waals surface area contributed by atoms with Gasteiger partial charge in [0.15, 0.2) is 0 Å². The first-order valence-corrected chi connectivity index (χ1v) is 7.97. The van der Waals surface area contributed by atoms with Crippen LogP contribution in [0.25, 0.3) is 11.0 Å². The van der Waals surface area contributed by atoms with Crippen LogP contribution in [0.3, 0.4) is 0 Å². The van der Waals surface area contributed by atoms with Crippen LogP contribution >= 0.6 is 15.9 Å². The van der Waals surface area contributed by atoms with Crippen molar-refractivity contribution in [3.8, 4) is 0 Å². The summed E-state index contributed by atoms with van der Waals surface area (Å²) in [7, 11) is 0. The van der Waals surface area contributed by atoms with Gasteiger partial charge in [-0.1, -0.05) is 15.9 Å². The van der Waals surface area contributed by atoms with Gasteiger partial charge in [0.25, 0.3) is 0 Å². The Morgan fingerprint density at radius 2 is 2.40 bits per heavy atom. The number of benzene rings is 1. The maximum Gasteiger partial charge on any atom is 0.121 e. The van der Waals surface area contributed by atoms with E-state index in [2.05, 4.69) is 36.9 Å². The molecule has 1 aromatic carbocycles. The average molecular weight is 338 g/mol. The van der Waals surface area contributed by atoms with Crippen LogP contribution in [0.2, 0.25) is 0 Å². The van der Waals surface area contributed by atoms with Crippen molar-refractivity contribution < 1.29 is 5.11 Å². The Hall–Kier alpha value is -0.910. The van der Waals surface area contributed by atoms with Crippen LogP contribution in [0.4, 0.5) is 0 Å². The molecule has 0 bridgehead atoms.